The minimum Gasteiger partial charge on any atom is -0.366 e. The molecule has 5 heteroatoms. The maximum atomic E-state index is 12.2. The quantitative estimate of drug-likeness (QED) is 0.796. The number of aryl methyl sites for hydroxylation is 1. The molecule has 0 radical (unpaired) electrons. The summed E-state index contributed by atoms with van der Waals surface area (Å²) >= 11 is 0. The first-order valence-corrected chi connectivity index (χ1v) is 7.29. The molecule has 0 atom stereocenters. The number of anilines is 1. The second-order valence-corrected chi connectivity index (χ2v) is 6.32. The monoisotopic (exact) mass is 289 g/mol. The summed E-state index contributed by atoms with van der Waals surface area (Å²) < 4.78 is 0. The molecule has 1 saturated carbocycles. The lowest BCUT2D eigenvalue weighted by Gasteiger charge is -2.40. The molecule has 0 spiro atoms. The predicted molar refractivity (Wildman–Crippen MR) is 83.3 cm³/mol. The fraction of sp³-hybridized carbons (Fsp3) is 0.500. The van der Waals surface area contributed by atoms with Crippen LogP contribution in [-0.4, -0.2) is 17.5 Å². The Balaban J connectivity index is 2.05. The molecule has 2 rings (SSSR count). The summed E-state index contributed by atoms with van der Waals surface area (Å²) in [6, 6.07) is 4.77. The maximum Gasteiger partial charge on any atom is 0.319 e. The fourth-order valence-corrected chi connectivity index (χ4v) is 2.59. The smallest absolute Gasteiger partial charge is 0.319 e. The van der Waals surface area contributed by atoms with Gasteiger partial charge in [0.05, 0.1) is 0 Å². The standard InChI is InChI=1S/C16H23N3O2/c1-10-7-8-11(14(17)20)9-13(10)18-15(21)19-16(2,3)12-5-4-6-12/h7-9,12H,4-6H2,1-3H3,(H2,17,20)(H2,18,19,21). The van der Waals surface area contributed by atoms with Crippen molar-refractivity contribution in [1.82, 2.24) is 5.32 Å². The van der Waals surface area contributed by atoms with Gasteiger partial charge in [0.15, 0.2) is 0 Å². The lowest BCUT2D eigenvalue weighted by molar-refractivity contribution is 0.1000. The van der Waals surface area contributed by atoms with Crippen molar-refractivity contribution in [3.8, 4) is 0 Å². The third kappa shape index (κ3) is 3.54. The molecule has 1 aliphatic rings. The summed E-state index contributed by atoms with van der Waals surface area (Å²) in [5, 5.41) is 5.82. The van der Waals surface area contributed by atoms with E-state index in [-0.39, 0.29) is 11.6 Å². The highest BCUT2D eigenvalue weighted by Gasteiger charge is 2.35. The first-order chi connectivity index (χ1) is 9.79. The number of benzene rings is 1. The van der Waals surface area contributed by atoms with Crippen molar-refractivity contribution in [3.63, 3.8) is 0 Å². The highest BCUT2D eigenvalue weighted by molar-refractivity contribution is 5.96. The van der Waals surface area contributed by atoms with Crippen LogP contribution < -0.4 is 16.4 Å². The number of carbonyl (C=O) groups excluding carboxylic acids is 2. The summed E-state index contributed by atoms with van der Waals surface area (Å²) in [6.07, 6.45) is 3.55. The summed E-state index contributed by atoms with van der Waals surface area (Å²) in [7, 11) is 0. The molecule has 1 aromatic rings. The van der Waals surface area contributed by atoms with Gasteiger partial charge in [-0.1, -0.05) is 12.5 Å². The van der Waals surface area contributed by atoms with Crippen molar-refractivity contribution >= 4 is 17.6 Å². The van der Waals surface area contributed by atoms with Gasteiger partial charge in [0, 0.05) is 16.8 Å². The number of amides is 3. The van der Waals surface area contributed by atoms with Crippen molar-refractivity contribution in [2.75, 3.05) is 5.32 Å². The van der Waals surface area contributed by atoms with Gasteiger partial charge in [-0.25, -0.2) is 4.79 Å². The molecule has 0 aromatic heterocycles. The van der Waals surface area contributed by atoms with E-state index in [1.54, 1.807) is 18.2 Å². The Bertz CT molecular complexity index is 563. The molecular formula is C16H23N3O2. The molecule has 0 saturated heterocycles. The highest BCUT2D eigenvalue weighted by atomic mass is 16.2. The molecule has 0 aliphatic heterocycles. The topological polar surface area (TPSA) is 84.2 Å². The Kier molecular flexibility index (Phi) is 4.21. The molecule has 0 unspecified atom stereocenters. The van der Waals surface area contributed by atoms with E-state index in [1.807, 2.05) is 20.8 Å². The van der Waals surface area contributed by atoms with Crippen LogP contribution in [-0.2, 0) is 0 Å². The fourth-order valence-electron chi connectivity index (χ4n) is 2.59. The molecule has 5 nitrogen and oxygen atoms in total. The van der Waals surface area contributed by atoms with Crippen molar-refractivity contribution in [1.29, 1.82) is 0 Å². The van der Waals surface area contributed by atoms with E-state index in [1.165, 1.54) is 6.42 Å². The lowest BCUT2D eigenvalue weighted by Crippen LogP contribution is -2.52. The van der Waals surface area contributed by atoms with Gasteiger partial charge >= 0.3 is 6.03 Å². The number of urea groups is 1. The van der Waals surface area contributed by atoms with E-state index < -0.39 is 5.91 Å². The average Bonchev–Trinajstić information content (AvgIpc) is 2.27. The van der Waals surface area contributed by atoms with Crippen molar-refractivity contribution in [2.45, 2.75) is 45.6 Å². The first kappa shape index (κ1) is 15.4. The van der Waals surface area contributed by atoms with Gasteiger partial charge in [0.2, 0.25) is 5.91 Å². The summed E-state index contributed by atoms with van der Waals surface area (Å²) in [5.74, 6) is 0.0227. The molecule has 1 fully saturated rings. The zero-order valence-electron chi connectivity index (χ0n) is 12.8. The number of carbonyl (C=O) groups is 2. The van der Waals surface area contributed by atoms with Crippen LogP contribution in [0.4, 0.5) is 10.5 Å². The van der Waals surface area contributed by atoms with E-state index in [9.17, 15) is 9.59 Å². The molecule has 1 aliphatic carbocycles. The SMILES string of the molecule is Cc1ccc(C(N)=O)cc1NC(=O)NC(C)(C)C1CCC1. The van der Waals surface area contributed by atoms with E-state index in [2.05, 4.69) is 10.6 Å². The van der Waals surface area contributed by atoms with Crippen molar-refractivity contribution < 1.29 is 9.59 Å². The molecule has 21 heavy (non-hydrogen) atoms. The number of hydrogen-bond donors (Lipinski definition) is 3. The second kappa shape index (κ2) is 5.76. The normalized spacial score (nSPS) is 15.2. The van der Waals surface area contributed by atoms with Crippen LogP contribution in [0.2, 0.25) is 0 Å². The predicted octanol–water partition coefficient (Wildman–Crippen LogP) is 2.79. The van der Waals surface area contributed by atoms with E-state index in [4.69, 9.17) is 5.73 Å². The maximum absolute atomic E-state index is 12.2. The van der Waals surface area contributed by atoms with Gasteiger partial charge in [-0.3, -0.25) is 4.79 Å². The minimum atomic E-state index is -0.506. The van der Waals surface area contributed by atoms with Gasteiger partial charge < -0.3 is 16.4 Å². The van der Waals surface area contributed by atoms with Crippen LogP contribution in [0.1, 0.15) is 49.0 Å². The molecule has 0 heterocycles. The zero-order valence-corrected chi connectivity index (χ0v) is 12.8. The molecule has 114 valence electrons. The van der Waals surface area contributed by atoms with Crippen LogP contribution in [0, 0.1) is 12.8 Å². The van der Waals surface area contributed by atoms with E-state index >= 15 is 0 Å². The third-order valence-electron chi connectivity index (χ3n) is 4.33. The number of hydrogen-bond acceptors (Lipinski definition) is 2. The van der Waals surface area contributed by atoms with Gasteiger partial charge in [-0.05, 0) is 57.2 Å². The number of nitrogens with one attached hydrogen (secondary N) is 2. The Morgan fingerprint density at radius 2 is 1.95 bits per heavy atom. The number of rotatable bonds is 4. The Hall–Kier alpha value is -2.04. The van der Waals surface area contributed by atoms with Gasteiger partial charge in [-0.15, -0.1) is 0 Å². The largest absolute Gasteiger partial charge is 0.366 e. The van der Waals surface area contributed by atoms with Gasteiger partial charge in [0.25, 0.3) is 0 Å². The Labute approximate surface area is 125 Å². The first-order valence-electron chi connectivity index (χ1n) is 7.29. The number of primary amides is 1. The Morgan fingerprint density at radius 3 is 2.48 bits per heavy atom. The van der Waals surface area contributed by atoms with E-state index in [0.29, 0.717) is 17.2 Å². The minimum absolute atomic E-state index is 0.225. The third-order valence-corrected chi connectivity index (χ3v) is 4.33. The summed E-state index contributed by atoms with van der Waals surface area (Å²) in [5.41, 5.74) is 6.91. The molecular weight excluding hydrogens is 266 g/mol. The molecule has 1 aromatic carbocycles. The van der Waals surface area contributed by atoms with E-state index in [0.717, 1.165) is 18.4 Å². The van der Waals surface area contributed by atoms with Crippen molar-refractivity contribution in [2.24, 2.45) is 11.7 Å². The number of nitrogens with two attached hydrogens (primary N) is 1. The van der Waals surface area contributed by atoms with Crippen molar-refractivity contribution in [3.05, 3.63) is 29.3 Å². The zero-order chi connectivity index (χ0) is 15.6. The molecule has 0 bridgehead atoms. The second-order valence-electron chi connectivity index (χ2n) is 6.32. The van der Waals surface area contributed by atoms with Gasteiger partial charge in [-0.2, -0.15) is 0 Å². The Morgan fingerprint density at radius 1 is 1.29 bits per heavy atom. The van der Waals surface area contributed by atoms with Crippen LogP contribution in [0.5, 0.6) is 0 Å². The van der Waals surface area contributed by atoms with Gasteiger partial charge in [0.1, 0.15) is 0 Å². The van der Waals surface area contributed by atoms with Crippen LogP contribution in [0.15, 0.2) is 18.2 Å². The lowest BCUT2D eigenvalue weighted by atomic mass is 9.73. The van der Waals surface area contributed by atoms with Crippen LogP contribution >= 0.6 is 0 Å². The highest BCUT2D eigenvalue weighted by Crippen LogP contribution is 2.35. The molecule has 4 N–H and O–H groups in total. The summed E-state index contributed by atoms with van der Waals surface area (Å²) in [4.78, 5) is 23.4. The van der Waals surface area contributed by atoms with Crippen LogP contribution in [0.3, 0.4) is 0 Å². The average molecular weight is 289 g/mol. The molecule has 3 amide bonds. The summed E-state index contributed by atoms with van der Waals surface area (Å²) in [6.45, 7) is 5.96. The van der Waals surface area contributed by atoms with Crippen LogP contribution in [0.25, 0.3) is 0 Å².